The highest BCUT2D eigenvalue weighted by Crippen LogP contribution is 2.33. The van der Waals surface area contributed by atoms with Crippen LogP contribution in [0.3, 0.4) is 0 Å². The molecule has 0 radical (unpaired) electrons. The first-order valence-electron chi connectivity index (χ1n) is 6.56. The van der Waals surface area contributed by atoms with E-state index < -0.39 is 0 Å². The number of aryl methyl sites for hydroxylation is 1. The molecule has 2 heterocycles. The second-order valence-corrected chi connectivity index (χ2v) is 4.76. The minimum Gasteiger partial charge on any atom is -0.287 e. The zero-order valence-corrected chi connectivity index (χ0v) is 10.9. The molecule has 4 rings (SSSR count). The second-order valence-electron chi connectivity index (χ2n) is 4.76. The Morgan fingerprint density at radius 2 is 1.90 bits per heavy atom. The Balaban J connectivity index is 2.02. The number of nitrogens with zero attached hydrogens (tertiary/aromatic N) is 5. The fourth-order valence-corrected chi connectivity index (χ4v) is 2.51. The molecule has 0 saturated heterocycles. The number of rotatable bonds is 2. The lowest BCUT2D eigenvalue weighted by Crippen LogP contribution is -2.06. The normalized spacial score (nSPS) is 12.8. The molecule has 20 heavy (non-hydrogen) atoms. The van der Waals surface area contributed by atoms with Gasteiger partial charge in [0.15, 0.2) is 5.82 Å². The molecule has 0 spiro atoms. The minimum atomic E-state index is -0.0920. The van der Waals surface area contributed by atoms with E-state index in [2.05, 4.69) is 27.2 Å². The highest BCUT2D eigenvalue weighted by molar-refractivity contribution is 6.19. The lowest BCUT2D eigenvalue weighted by molar-refractivity contribution is 0.103. The molecule has 6 nitrogen and oxygen atoms in total. The number of aromatic nitrogens is 5. The number of fused-ring (bicyclic) bond motifs is 4. The first-order chi connectivity index (χ1) is 9.79. The Kier molecular flexibility index (Phi) is 2.20. The van der Waals surface area contributed by atoms with E-state index in [1.807, 2.05) is 18.2 Å². The second kappa shape index (κ2) is 3.93. The topological polar surface area (TPSA) is 73.0 Å². The highest BCUT2D eigenvalue weighted by atomic mass is 16.1. The van der Waals surface area contributed by atoms with Crippen LogP contribution < -0.4 is 0 Å². The van der Waals surface area contributed by atoms with Crippen LogP contribution in [-0.2, 0) is 6.42 Å². The molecule has 0 bridgehead atoms. The summed E-state index contributed by atoms with van der Waals surface area (Å²) in [6.45, 7) is 2.07. The quantitative estimate of drug-likeness (QED) is 0.551. The zero-order chi connectivity index (χ0) is 13.7. The van der Waals surface area contributed by atoms with E-state index in [1.54, 1.807) is 10.6 Å². The predicted octanol–water partition coefficient (Wildman–Crippen LogP) is 1.68. The van der Waals surface area contributed by atoms with Crippen molar-refractivity contribution < 1.29 is 4.79 Å². The van der Waals surface area contributed by atoms with Gasteiger partial charge in [-0.25, -0.2) is 4.98 Å². The predicted molar refractivity (Wildman–Crippen MR) is 71.4 cm³/mol. The smallest absolute Gasteiger partial charge is 0.272 e. The Morgan fingerprint density at radius 3 is 2.70 bits per heavy atom. The minimum absolute atomic E-state index is 0.0920. The van der Waals surface area contributed by atoms with Crippen LogP contribution in [0.1, 0.15) is 35.2 Å². The molecule has 1 aliphatic carbocycles. The van der Waals surface area contributed by atoms with Crippen LogP contribution in [0.5, 0.6) is 0 Å². The van der Waals surface area contributed by atoms with E-state index in [-0.39, 0.29) is 5.78 Å². The molecule has 3 aromatic rings. The number of carbonyl (C=O) groups is 1. The summed E-state index contributed by atoms with van der Waals surface area (Å²) in [5.41, 5.74) is 2.48. The Labute approximate surface area is 114 Å². The number of carbonyl (C=O) groups excluding carboxylic acids is 1. The number of ketones is 1. The van der Waals surface area contributed by atoms with Crippen LogP contribution in [0, 0.1) is 0 Å². The van der Waals surface area contributed by atoms with Gasteiger partial charge in [-0.05, 0) is 6.42 Å². The van der Waals surface area contributed by atoms with Gasteiger partial charge in [0.25, 0.3) is 5.78 Å². The summed E-state index contributed by atoms with van der Waals surface area (Å²) >= 11 is 0. The van der Waals surface area contributed by atoms with Crippen LogP contribution in [0.2, 0.25) is 0 Å². The Bertz CT molecular complexity index is 852. The van der Waals surface area contributed by atoms with Crippen LogP contribution >= 0.6 is 0 Å². The first kappa shape index (κ1) is 11.2. The van der Waals surface area contributed by atoms with Gasteiger partial charge in [-0.15, -0.1) is 10.2 Å². The molecule has 2 aromatic heterocycles. The van der Waals surface area contributed by atoms with Gasteiger partial charge in [0.05, 0.1) is 0 Å². The molecule has 0 amide bonds. The third-order valence-corrected chi connectivity index (χ3v) is 3.44. The summed E-state index contributed by atoms with van der Waals surface area (Å²) < 4.78 is 1.64. The van der Waals surface area contributed by atoms with Crippen LogP contribution in [0.15, 0.2) is 24.3 Å². The van der Waals surface area contributed by atoms with Gasteiger partial charge in [-0.3, -0.25) is 4.79 Å². The van der Waals surface area contributed by atoms with Crippen molar-refractivity contribution in [1.82, 2.24) is 24.8 Å². The van der Waals surface area contributed by atoms with Crippen LogP contribution in [0.25, 0.3) is 17.0 Å². The van der Waals surface area contributed by atoms with E-state index in [4.69, 9.17) is 0 Å². The molecule has 0 N–H and O–H groups in total. The van der Waals surface area contributed by atoms with Gasteiger partial charge < -0.3 is 0 Å². The number of hydrogen-bond acceptors (Lipinski definition) is 5. The van der Waals surface area contributed by atoms with Crippen molar-refractivity contribution in [3.63, 3.8) is 0 Å². The van der Waals surface area contributed by atoms with Gasteiger partial charge in [0, 0.05) is 17.5 Å². The molecule has 0 unspecified atom stereocenters. The van der Waals surface area contributed by atoms with Crippen LogP contribution in [0.4, 0.5) is 0 Å². The third kappa shape index (κ3) is 1.36. The summed E-state index contributed by atoms with van der Waals surface area (Å²) in [5, 5.41) is 12.6. The molecule has 1 aliphatic rings. The van der Waals surface area contributed by atoms with Crippen molar-refractivity contribution in [3.8, 4) is 11.3 Å². The largest absolute Gasteiger partial charge is 0.287 e. The fraction of sp³-hybridized carbons (Fsp3) is 0.214. The summed E-state index contributed by atoms with van der Waals surface area (Å²) in [4.78, 5) is 16.6. The first-order valence-corrected chi connectivity index (χ1v) is 6.56. The summed E-state index contributed by atoms with van der Waals surface area (Å²) in [6.07, 6.45) is 1.74. The molecule has 6 heteroatoms. The molecule has 0 atom stereocenters. The maximum absolute atomic E-state index is 12.3. The van der Waals surface area contributed by atoms with Crippen molar-refractivity contribution in [3.05, 3.63) is 41.3 Å². The fourth-order valence-electron chi connectivity index (χ4n) is 2.51. The Hall–Kier alpha value is -2.63. The van der Waals surface area contributed by atoms with Crippen molar-refractivity contribution >= 4 is 11.6 Å². The molecular weight excluding hydrogens is 254 g/mol. The molecule has 1 aromatic carbocycles. The van der Waals surface area contributed by atoms with Gasteiger partial charge >= 0.3 is 0 Å². The molecule has 0 fully saturated rings. The maximum Gasteiger partial charge on any atom is 0.272 e. The average molecular weight is 265 g/mol. The lowest BCUT2D eigenvalue weighted by Gasteiger charge is -2.00. The SMILES string of the molecule is CCCc1nnc2nc3c(nn12)-c1ccccc1C3=O. The molecular formula is C14H11N5O. The third-order valence-electron chi connectivity index (χ3n) is 3.44. The summed E-state index contributed by atoms with van der Waals surface area (Å²) in [6, 6.07) is 7.43. The van der Waals surface area contributed by atoms with E-state index in [1.165, 1.54) is 0 Å². The van der Waals surface area contributed by atoms with Crippen molar-refractivity contribution in [2.24, 2.45) is 0 Å². The summed E-state index contributed by atoms with van der Waals surface area (Å²) in [7, 11) is 0. The number of benzene rings is 1. The molecule has 98 valence electrons. The standard InChI is InChI=1S/C14H11N5O/c1-2-5-10-16-17-14-15-12-11(18-19(10)14)8-6-3-4-7-9(8)13(12)20/h3-4,6-7H,2,5H2,1H3. The van der Waals surface area contributed by atoms with Gasteiger partial charge in [0.2, 0.25) is 5.78 Å². The average Bonchev–Trinajstić information content (AvgIpc) is 2.99. The molecule has 0 aliphatic heterocycles. The van der Waals surface area contributed by atoms with Gasteiger partial charge in [-0.2, -0.15) is 9.61 Å². The molecule has 0 saturated carbocycles. The lowest BCUT2D eigenvalue weighted by atomic mass is 10.1. The van der Waals surface area contributed by atoms with Gasteiger partial charge in [0.1, 0.15) is 11.4 Å². The van der Waals surface area contributed by atoms with E-state index in [0.717, 1.165) is 24.2 Å². The highest BCUT2D eigenvalue weighted by Gasteiger charge is 2.30. The monoisotopic (exact) mass is 265 g/mol. The summed E-state index contributed by atoms with van der Waals surface area (Å²) in [5.74, 6) is 1.06. The van der Waals surface area contributed by atoms with Crippen molar-refractivity contribution in [2.75, 3.05) is 0 Å². The number of hydrogen-bond donors (Lipinski definition) is 0. The van der Waals surface area contributed by atoms with E-state index in [0.29, 0.717) is 22.7 Å². The van der Waals surface area contributed by atoms with Crippen LogP contribution in [-0.4, -0.2) is 30.6 Å². The van der Waals surface area contributed by atoms with Gasteiger partial charge in [-0.1, -0.05) is 31.2 Å². The van der Waals surface area contributed by atoms with E-state index >= 15 is 0 Å². The Morgan fingerprint density at radius 1 is 1.10 bits per heavy atom. The van der Waals surface area contributed by atoms with Crippen molar-refractivity contribution in [1.29, 1.82) is 0 Å². The maximum atomic E-state index is 12.3. The van der Waals surface area contributed by atoms with E-state index in [9.17, 15) is 4.79 Å². The zero-order valence-electron chi connectivity index (χ0n) is 10.9. The van der Waals surface area contributed by atoms with Crippen molar-refractivity contribution in [2.45, 2.75) is 19.8 Å².